The largest absolute Gasteiger partial charge is 0.507 e. The van der Waals surface area contributed by atoms with Gasteiger partial charge in [-0.3, -0.25) is 4.79 Å². The van der Waals surface area contributed by atoms with Gasteiger partial charge in [0.1, 0.15) is 17.4 Å². The molecule has 8 nitrogen and oxygen atoms in total. The summed E-state index contributed by atoms with van der Waals surface area (Å²) in [6.07, 6.45) is 1.33. The minimum Gasteiger partial charge on any atom is -0.507 e. The van der Waals surface area contributed by atoms with Gasteiger partial charge in [0.15, 0.2) is 0 Å². The molecule has 21 heavy (non-hydrogen) atoms. The molecule has 0 bridgehead atoms. The molecule has 1 aliphatic rings. The molecule has 1 saturated heterocycles. The van der Waals surface area contributed by atoms with Crippen molar-refractivity contribution in [3.8, 4) is 5.75 Å². The highest BCUT2D eigenvalue weighted by molar-refractivity contribution is 5.96. The SMILES string of the molecule is O=C(Nc1ccc(O)c(C(=O)O)c1)NC1CCCNC1=O. The number of anilines is 1. The van der Waals surface area contributed by atoms with E-state index in [1.165, 1.54) is 12.1 Å². The zero-order chi connectivity index (χ0) is 15.4. The number of carboxylic acids is 1. The van der Waals surface area contributed by atoms with Gasteiger partial charge < -0.3 is 26.2 Å². The van der Waals surface area contributed by atoms with Crippen LogP contribution in [0.5, 0.6) is 5.75 Å². The van der Waals surface area contributed by atoms with Crippen molar-refractivity contribution in [2.24, 2.45) is 0 Å². The van der Waals surface area contributed by atoms with Crippen molar-refractivity contribution >= 4 is 23.6 Å². The Morgan fingerprint density at radius 1 is 1.33 bits per heavy atom. The zero-order valence-electron chi connectivity index (χ0n) is 11.0. The average Bonchev–Trinajstić information content (AvgIpc) is 2.43. The molecule has 1 aromatic carbocycles. The van der Waals surface area contributed by atoms with Gasteiger partial charge in [-0.05, 0) is 31.0 Å². The Bertz CT molecular complexity index is 587. The van der Waals surface area contributed by atoms with Gasteiger partial charge in [-0.25, -0.2) is 9.59 Å². The van der Waals surface area contributed by atoms with E-state index in [1.54, 1.807) is 0 Å². The summed E-state index contributed by atoms with van der Waals surface area (Å²) in [5.41, 5.74) is -0.109. The van der Waals surface area contributed by atoms with Crippen molar-refractivity contribution < 1.29 is 24.6 Å². The molecule has 0 saturated carbocycles. The van der Waals surface area contributed by atoms with Crippen LogP contribution in [0.25, 0.3) is 0 Å². The number of rotatable bonds is 3. The first-order valence-electron chi connectivity index (χ1n) is 6.39. The van der Waals surface area contributed by atoms with Crippen LogP contribution in [0, 0.1) is 0 Å². The molecule has 2 rings (SSSR count). The Balaban J connectivity index is 2.01. The minimum atomic E-state index is -1.30. The summed E-state index contributed by atoms with van der Waals surface area (Å²) >= 11 is 0. The van der Waals surface area contributed by atoms with Crippen LogP contribution in [-0.2, 0) is 4.79 Å². The number of nitrogens with one attached hydrogen (secondary N) is 3. The maximum Gasteiger partial charge on any atom is 0.339 e. The molecule has 1 unspecified atom stereocenters. The Hall–Kier alpha value is -2.77. The molecule has 0 aliphatic carbocycles. The molecule has 0 spiro atoms. The van der Waals surface area contributed by atoms with E-state index in [-0.39, 0.29) is 22.9 Å². The number of phenols is 1. The van der Waals surface area contributed by atoms with Crippen molar-refractivity contribution in [2.45, 2.75) is 18.9 Å². The fourth-order valence-corrected chi connectivity index (χ4v) is 2.02. The van der Waals surface area contributed by atoms with E-state index in [4.69, 9.17) is 5.11 Å². The molecule has 0 aromatic heterocycles. The van der Waals surface area contributed by atoms with Gasteiger partial charge in [-0.15, -0.1) is 0 Å². The summed E-state index contributed by atoms with van der Waals surface area (Å²) in [5, 5.41) is 25.8. The summed E-state index contributed by atoms with van der Waals surface area (Å²) < 4.78 is 0. The average molecular weight is 293 g/mol. The number of aromatic carboxylic acids is 1. The van der Waals surface area contributed by atoms with E-state index < -0.39 is 18.0 Å². The van der Waals surface area contributed by atoms with Gasteiger partial charge in [0.05, 0.1) is 0 Å². The molecule has 8 heteroatoms. The van der Waals surface area contributed by atoms with Crippen LogP contribution in [0.4, 0.5) is 10.5 Å². The Labute approximate surface area is 120 Å². The first kappa shape index (κ1) is 14.6. The van der Waals surface area contributed by atoms with E-state index in [9.17, 15) is 19.5 Å². The molecule has 1 heterocycles. The van der Waals surface area contributed by atoms with Gasteiger partial charge in [0.2, 0.25) is 5.91 Å². The van der Waals surface area contributed by atoms with E-state index in [1.807, 2.05) is 0 Å². The summed E-state index contributed by atoms with van der Waals surface area (Å²) in [6, 6.07) is 2.46. The maximum absolute atomic E-state index is 11.8. The highest BCUT2D eigenvalue weighted by atomic mass is 16.4. The van der Waals surface area contributed by atoms with E-state index in [0.29, 0.717) is 13.0 Å². The van der Waals surface area contributed by atoms with Crippen LogP contribution in [0.1, 0.15) is 23.2 Å². The summed E-state index contributed by atoms with van der Waals surface area (Å²) in [7, 11) is 0. The second-order valence-electron chi connectivity index (χ2n) is 4.62. The molecule has 112 valence electrons. The van der Waals surface area contributed by atoms with E-state index in [2.05, 4.69) is 16.0 Å². The normalized spacial score (nSPS) is 17.7. The quantitative estimate of drug-likeness (QED) is 0.518. The van der Waals surface area contributed by atoms with Crippen molar-refractivity contribution in [1.29, 1.82) is 0 Å². The number of carbonyl (C=O) groups excluding carboxylic acids is 2. The number of hydrogen-bond donors (Lipinski definition) is 5. The van der Waals surface area contributed by atoms with Gasteiger partial charge >= 0.3 is 12.0 Å². The number of aromatic hydroxyl groups is 1. The van der Waals surface area contributed by atoms with Crippen molar-refractivity contribution in [3.05, 3.63) is 23.8 Å². The second-order valence-corrected chi connectivity index (χ2v) is 4.62. The van der Waals surface area contributed by atoms with Gasteiger partial charge in [0, 0.05) is 12.2 Å². The molecule has 1 aliphatic heterocycles. The standard InChI is InChI=1S/C13H15N3O5/c17-10-4-3-7(6-8(10)12(19)20)15-13(21)16-9-2-1-5-14-11(9)18/h3-4,6,9,17H,1-2,5H2,(H,14,18)(H,19,20)(H2,15,16,21). The van der Waals surface area contributed by atoms with Crippen LogP contribution < -0.4 is 16.0 Å². The summed E-state index contributed by atoms with van der Waals surface area (Å²) in [6.45, 7) is 0.596. The molecular formula is C13H15N3O5. The lowest BCUT2D eigenvalue weighted by atomic mass is 10.1. The lowest BCUT2D eigenvalue weighted by Gasteiger charge is -2.22. The van der Waals surface area contributed by atoms with Crippen LogP contribution in [0.2, 0.25) is 0 Å². The van der Waals surface area contributed by atoms with Crippen LogP contribution in [-0.4, -0.2) is 40.7 Å². The third kappa shape index (κ3) is 3.62. The summed E-state index contributed by atoms with van der Waals surface area (Å²) in [4.78, 5) is 34.2. The lowest BCUT2D eigenvalue weighted by molar-refractivity contribution is -0.124. The Morgan fingerprint density at radius 2 is 2.10 bits per heavy atom. The molecule has 5 N–H and O–H groups in total. The minimum absolute atomic E-state index is 0.207. The van der Waals surface area contributed by atoms with Crippen LogP contribution in [0.15, 0.2) is 18.2 Å². The fraction of sp³-hybridized carbons (Fsp3) is 0.308. The van der Waals surface area contributed by atoms with Crippen molar-refractivity contribution in [2.75, 3.05) is 11.9 Å². The number of carbonyl (C=O) groups is 3. The monoisotopic (exact) mass is 293 g/mol. The van der Waals surface area contributed by atoms with Gasteiger partial charge in [0.25, 0.3) is 0 Å². The van der Waals surface area contributed by atoms with Gasteiger partial charge in [-0.1, -0.05) is 0 Å². The Kier molecular flexibility index (Phi) is 4.27. The summed E-state index contributed by atoms with van der Waals surface area (Å²) in [5.74, 6) is -1.93. The number of hydrogen-bond acceptors (Lipinski definition) is 4. The highest BCUT2D eigenvalue weighted by Gasteiger charge is 2.23. The number of benzene rings is 1. The van der Waals surface area contributed by atoms with E-state index >= 15 is 0 Å². The second kappa shape index (κ2) is 6.12. The van der Waals surface area contributed by atoms with E-state index in [0.717, 1.165) is 12.5 Å². The van der Waals surface area contributed by atoms with Crippen LogP contribution >= 0.6 is 0 Å². The first-order valence-corrected chi connectivity index (χ1v) is 6.39. The molecule has 1 fully saturated rings. The molecular weight excluding hydrogens is 278 g/mol. The first-order chi connectivity index (χ1) is 9.97. The zero-order valence-corrected chi connectivity index (χ0v) is 11.0. The van der Waals surface area contributed by atoms with Crippen molar-refractivity contribution in [3.63, 3.8) is 0 Å². The third-order valence-corrected chi connectivity index (χ3v) is 3.08. The lowest BCUT2D eigenvalue weighted by Crippen LogP contribution is -2.51. The fourth-order valence-electron chi connectivity index (χ4n) is 2.02. The molecule has 3 amide bonds. The smallest absolute Gasteiger partial charge is 0.339 e. The maximum atomic E-state index is 11.8. The number of urea groups is 1. The molecule has 1 atom stereocenters. The molecule has 1 aromatic rings. The molecule has 0 radical (unpaired) electrons. The number of amides is 3. The third-order valence-electron chi connectivity index (χ3n) is 3.08. The predicted octanol–water partition coefficient (Wildman–Crippen LogP) is 0.490. The number of carboxylic acid groups (broad SMARTS) is 1. The number of piperidine rings is 1. The topological polar surface area (TPSA) is 128 Å². The Morgan fingerprint density at radius 3 is 2.76 bits per heavy atom. The van der Waals surface area contributed by atoms with Crippen molar-refractivity contribution in [1.82, 2.24) is 10.6 Å². The highest BCUT2D eigenvalue weighted by Crippen LogP contribution is 2.21. The van der Waals surface area contributed by atoms with Crippen LogP contribution in [0.3, 0.4) is 0 Å². The van der Waals surface area contributed by atoms with Gasteiger partial charge in [-0.2, -0.15) is 0 Å². The predicted molar refractivity (Wildman–Crippen MR) is 73.3 cm³/mol.